The molecule has 5 nitrogen and oxygen atoms in total. The topological polar surface area (TPSA) is 56.1 Å². The van der Waals surface area contributed by atoms with Crippen LogP contribution in [0.3, 0.4) is 0 Å². The van der Waals surface area contributed by atoms with Crippen molar-refractivity contribution in [1.82, 2.24) is 15.1 Å². The molecule has 0 saturated heterocycles. The molecule has 20 heavy (non-hydrogen) atoms. The Kier molecular flexibility index (Phi) is 5.15. The van der Waals surface area contributed by atoms with Crippen molar-refractivity contribution in [1.29, 1.82) is 0 Å². The van der Waals surface area contributed by atoms with Crippen LogP contribution in [0.1, 0.15) is 10.4 Å². The van der Waals surface area contributed by atoms with E-state index in [1.165, 1.54) is 6.20 Å². The van der Waals surface area contributed by atoms with Crippen molar-refractivity contribution in [2.45, 2.75) is 5.38 Å². The number of rotatable bonds is 6. The van der Waals surface area contributed by atoms with Gasteiger partial charge in [-0.2, -0.15) is 5.10 Å². The van der Waals surface area contributed by atoms with Crippen LogP contribution in [0, 0.1) is 0 Å². The van der Waals surface area contributed by atoms with E-state index in [4.69, 9.17) is 16.3 Å². The van der Waals surface area contributed by atoms with Crippen LogP contribution in [0.2, 0.25) is 0 Å². The number of nitrogens with one attached hydrogen (secondary N) is 1. The first-order valence-corrected chi connectivity index (χ1v) is 6.65. The first-order chi connectivity index (χ1) is 9.70. The Labute approximate surface area is 122 Å². The third-order valence-electron chi connectivity index (χ3n) is 2.70. The average molecular weight is 294 g/mol. The molecule has 2 rings (SSSR count). The standard InChI is InChI=1S/C14H16ClN3O2/c1-20-10-12(15)8-16-14(19)11-7-17-18(9-11)13-5-3-2-4-6-13/h2-7,9,12H,8,10H2,1H3,(H,16,19). The van der Waals surface area contributed by atoms with Gasteiger partial charge in [-0.25, -0.2) is 4.68 Å². The maximum atomic E-state index is 11.9. The molecule has 0 radical (unpaired) electrons. The minimum absolute atomic E-state index is 0.200. The summed E-state index contributed by atoms with van der Waals surface area (Å²) in [6, 6.07) is 9.60. The van der Waals surface area contributed by atoms with Gasteiger partial charge >= 0.3 is 0 Å². The van der Waals surface area contributed by atoms with Crippen LogP contribution in [0.15, 0.2) is 42.7 Å². The Morgan fingerprint density at radius 1 is 1.45 bits per heavy atom. The van der Waals surface area contributed by atoms with Crippen molar-refractivity contribution < 1.29 is 9.53 Å². The van der Waals surface area contributed by atoms with Gasteiger partial charge in [-0.1, -0.05) is 18.2 Å². The second-order valence-electron chi connectivity index (χ2n) is 4.27. The van der Waals surface area contributed by atoms with Gasteiger partial charge in [-0.3, -0.25) is 4.79 Å². The predicted octanol–water partition coefficient (Wildman–Crippen LogP) is 1.86. The quantitative estimate of drug-likeness (QED) is 0.827. The van der Waals surface area contributed by atoms with Gasteiger partial charge in [-0.05, 0) is 12.1 Å². The van der Waals surface area contributed by atoms with Gasteiger partial charge in [0.1, 0.15) is 0 Å². The molecule has 1 unspecified atom stereocenters. The molecule has 0 bridgehead atoms. The lowest BCUT2D eigenvalue weighted by molar-refractivity contribution is 0.0949. The molecule has 0 saturated carbocycles. The summed E-state index contributed by atoms with van der Waals surface area (Å²) >= 11 is 5.95. The van der Waals surface area contributed by atoms with Crippen molar-refractivity contribution in [3.63, 3.8) is 0 Å². The smallest absolute Gasteiger partial charge is 0.254 e. The zero-order chi connectivity index (χ0) is 14.4. The number of hydrogen-bond acceptors (Lipinski definition) is 3. The number of nitrogens with zero attached hydrogens (tertiary/aromatic N) is 2. The second-order valence-corrected chi connectivity index (χ2v) is 4.89. The number of methoxy groups -OCH3 is 1. The van der Waals surface area contributed by atoms with E-state index in [1.807, 2.05) is 30.3 Å². The Morgan fingerprint density at radius 3 is 2.90 bits per heavy atom. The summed E-state index contributed by atoms with van der Waals surface area (Å²) in [7, 11) is 1.57. The molecular formula is C14H16ClN3O2. The van der Waals surface area contributed by atoms with E-state index in [9.17, 15) is 4.79 Å². The van der Waals surface area contributed by atoms with E-state index in [-0.39, 0.29) is 11.3 Å². The van der Waals surface area contributed by atoms with Crippen molar-refractivity contribution in [2.24, 2.45) is 0 Å². The average Bonchev–Trinajstić information content (AvgIpc) is 2.96. The number of alkyl halides is 1. The molecular weight excluding hydrogens is 278 g/mol. The molecule has 1 aromatic carbocycles. The summed E-state index contributed by atoms with van der Waals surface area (Å²) in [5.74, 6) is -0.200. The Bertz CT molecular complexity index is 557. The van der Waals surface area contributed by atoms with Crippen LogP contribution in [0.4, 0.5) is 0 Å². The number of benzene rings is 1. The Morgan fingerprint density at radius 2 is 2.20 bits per heavy atom. The van der Waals surface area contributed by atoms with Gasteiger partial charge in [0.25, 0.3) is 5.91 Å². The number of hydrogen-bond donors (Lipinski definition) is 1. The number of carbonyl (C=O) groups is 1. The third-order valence-corrected chi connectivity index (χ3v) is 2.98. The summed E-state index contributed by atoms with van der Waals surface area (Å²) in [6.45, 7) is 0.746. The fourth-order valence-corrected chi connectivity index (χ4v) is 1.91. The minimum Gasteiger partial charge on any atom is -0.383 e. The van der Waals surface area contributed by atoms with Crippen molar-refractivity contribution in [2.75, 3.05) is 20.3 Å². The largest absolute Gasteiger partial charge is 0.383 e. The second kappa shape index (κ2) is 7.07. The highest BCUT2D eigenvalue weighted by molar-refractivity contribution is 6.21. The molecule has 6 heteroatoms. The van der Waals surface area contributed by atoms with Crippen LogP contribution < -0.4 is 5.32 Å². The highest BCUT2D eigenvalue weighted by Gasteiger charge is 2.11. The summed E-state index contributed by atoms with van der Waals surface area (Å²) in [5.41, 5.74) is 1.40. The monoisotopic (exact) mass is 293 g/mol. The predicted molar refractivity (Wildman–Crippen MR) is 77.4 cm³/mol. The lowest BCUT2D eigenvalue weighted by Gasteiger charge is -2.08. The third kappa shape index (κ3) is 3.82. The summed E-state index contributed by atoms with van der Waals surface area (Å²) < 4.78 is 6.56. The zero-order valence-electron chi connectivity index (χ0n) is 11.1. The van der Waals surface area contributed by atoms with E-state index in [1.54, 1.807) is 18.0 Å². The van der Waals surface area contributed by atoms with Gasteiger partial charge < -0.3 is 10.1 Å². The van der Waals surface area contributed by atoms with E-state index >= 15 is 0 Å². The van der Waals surface area contributed by atoms with Crippen LogP contribution >= 0.6 is 11.6 Å². The zero-order valence-corrected chi connectivity index (χ0v) is 11.9. The number of carbonyl (C=O) groups excluding carboxylic acids is 1. The molecule has 1 atom stereocenters. The van der Waals surface area contributed by atoms with Gasteiger partial charge in [0.2, 0.25) is 0 Å². The fraction of sp³-hybridized carbons (Fsp3) is 0.286. The SMILES string of the molecule is COCC(Cl)CNC(=O)c1cnn(-c2ccccc2)c1. The van der Waals surface area contributed by atoms with E-state index in [0.717, 1.165) is 5.69 Å². The molecule has 0 spiro atoms. The van der Waals surface area contributed by atoms with Crippen molar-refractivity contribution in [3.8, 4) is 5.69 Å². The molecule has 1 N–H and O–H groups in total. The molecule has 1 amide bonds. The molecule has 0 aliphatic heterocycles. The van der Waals surface area contributed by atoms with Crippen molar-refractivity contribution >= 4 is 17.5 Å². The first kappa shape index (κ1) is 14.6. The van der Waals surface area contributed by atoms with Gasteiger partial charge in [0.05, 0.1) is 29.4 Å². The maximum Gasteiger partial charge on any atom is 0.254 e. The van der Waals surface area contributed by atoms with Crippen LogP contribution in [-0.4, -0.2) is 41.3 Å². The lowest BCUT2D eigenvalue weighted by atomic mass is 10.3. The number of ether oxygens (including phenoxy) is 1. The van der Waals surface area contributed by atoms with Gasteiger partial charge in [-0.15, -0.1) is 11.6 Å². The highest BCUT2D eigenvalue weighted by Crippen LogP contribution is 2.07. The Hall–Kier alpha value is -1.85. The first-order valence-electron chi connectivity index (χ1n) is 6.22. The van der Waals surface area contributed by atoms with Gasteiger partial charge in [0.15, 0.2) is 0 Å². The molecule has 0 fully saturated rings. The van der Waals surface area contributed by atoms with Crippen molar-refractivity contribution in [3.05, 3.63) is 48.3 Å². The lowest BCUT2D eigenvalue weighted by Crippen LogP contribution is -2.31. The summed E-state index contributed by atoms with van der Waals surface area (Å²) in [6.07, 6.45) is 3.21. The van der Waals surface area contributed by atoms with Crippen LogP contribution in [-0.2, 0) is 4.74 Å². The molecule has 1 aromatic heterocycles. The summed E-state index contributed by atoms with van der Waals surface area (Å²) in [5, 5.41) is 6.67. The van der Waals surface area contributed by atoms with Gasteiger partial charge in [0, 0.05) is 19.9 Å². The highest BCUT2D eigenvalue weighted by atomic mass is 35.5. The van der Waals surface area contributed by atoms with Crippen LogP contribution in [0.25, 0.3) is 5.69 Å². The minimum atomic E-state index is -0.242. The normalized spacial score (nSPS) is 12.1. The molecule has 106 valence electrons. The molecule has 0 aliphatic carbocycles. The van der Waals surface area contributed by atoms with E-state index < -0.39 is 0 Å². The van der Waals surface area contributed by atoms with E-state index in [0.29, 0.717) is 18.7 Å². The maximum absolute atomic E-state index is 11.9. The fourth-order valence-electron chi connectivity index (χ4n) is 1.71. The van der Waals surface area contributed by atoms with Crippen LogP contribution in [0.5, 0.6) is 0 Å². The Balaban J connectivity index is 1.97. The molecule has 2 aromatic rings. The molecule has 0 aliphatic rings. The van der Waals surface area contributed by atoms with E-state index in [2.05, 4.69) is 10.4 Å². The number of aromatic nitrogens is 2. The number of amides is 1. The molecule has 1 heterocycles. The number of halogens is 1. The summed E-state index contributed by atoms with van der Waals surface area (Å²) in [4.78, 5) is 11.9. The number of para-hydroxylation sites is 1.